The fourth-order valence-corrected chi connectivity index (χ4v) is 5.58. The molecule has 6 heteroatoms. The number of anilines is 1. The lowest BCUT2D eigenvalue weighted by Crippen LogP contribution is -2.34. The summed E-state index contributed by atoms with van der Waals surface area (Å²) >= 11 is 0. The Morgan fingerprint density at radius 2 is 1.83 bits per heavy atom. The number of rotatable bonds is 6. The Morgan fingerprint density at radius 3 is 2.45 bits per heavy atom. The van der Waals surface area contributed by atoms with Crippen molar-refractivity contribution >= 4 is 15.7 Å². The predicted molar refractivity (Wildman–Crippen MR) is 118 cm³/mol. The zero-order valence-corrected chi connectivity index (χ0v) is 18.8. The average Bonchev–Trinajstić information content (AvgIpc) is 2.69. The summed E-state index contributed by atoms with van der Waals surface area (Å²) in [6, 6.07) is 11.4. The molecule has 0 saturated carbocycles. The molecule has 1 aliphatic heterocycles. The Bertz CT molecular complexity index is 955. The minimum atomic E-state index is -3.64. The molecule has 2 unspecified atom stereocenters. The maximum absolute atomic E-state index is 13.0. The third-order valence-corrected chi connectivity index (χ3v) is 7.41. The van der Waals surface area contributed by atoms with Crippen LogP contribution in [0, 0.1) is 19.8 Å². The molecule has 0 bridgehead atoms. The molecular weight excluding hydrogens is 384 g/mol. The van der Waals surface area contributed by atoms with Gasteiger partial charge in [-0.25, -0.2) is 13.1 Å². The second kappa shape index (κ2) is 8.76. The van der Waals surface area contributed by atoms with Crippen LogP contribution in [0.5, 0.6) is 5.75 Å². The quantitative estimate of drug-likeness (QED) is 0.748. The smallest absolute Gasteiger partial charge is 0.241 e. The Kier molecular flexibility index (Phi) is 6.54. The fourth-order valence-electron chi connectivity index (χ4n) is 4.03. The van der Waals surface area contributed by atoms with E-state index >= 15 is 0 Å². The molecule has 1 N–H and O–H groups in total. The van der Waals surface area contributed by atoms with Gasteiger partial charge in [-0.2, -0.15) is 0 Å². The number of ether oxygens (including phenoxy) is 1. The highest BCUT2D eigenvalue weighted by molar-refractivity contribution is 7.89. The first kappa shape index (κ1) is 21.7. The lowest BCUT2D eigenvalue weighted by molar-refractivity contribution is 0.411. The first-order chi connectivity index (χ1) is 13.7. The van der Waals surface area contributed by atoms with E-state index in [2.05, 4.69) is 28.7 Å². The first-order valence-corrected chi connectivity index (χ1v) is 11.7. The third-order valence-electron chi connectivity index (χ3n) is 5.73. The molecule has 0 radical (unpaired) electrons. The lowest BCUT2D eigenvalue weighted by atomic mass is 9.99. The number of methoxy groups -OCH3 is 1. The number of hydrogen-bond acceptors (Lipinski definition) is 4. The van der Waals surface area contributed by atoms with Crippen molar-refractivity contribution in [3.63, 3.8) is 0 Å². The van der Waals surface area contributed by atoms with Gasteiger partial charge in [-0.15, -0.1) is 0 Å². The molecule has 0 amide bonds. The molecule has 0 aromatic heterocycles. The van der Waals surface area contributed by atoms with E-state index in [0.717, 1.165) is 24.2 Å². The molecule has 5 nitrogen and oxygen atoms in total. The Balaban J connectivity index is 1.75. The van der Waals surface area contributed by atoms with Gasteiger partial charge < -0.3 is 9.64 Å². The summed E-state index contributed by atoms with van der Waals surface area (Å²) in [6.07, 6.45) is 2.51. The van der Waals surface area contributed by atoms with Crippen LogP contribution in [-0.4, -0.2) is 28.6 Å². The first-order valence-electron chi connectivity index (χ1n) is 10.2. The topological polar surface area (TPSA) is 58.6 Å². The van der Waals surface area contributed by atoms with Gasteiger partial charge in [0.2, 0.25) is 10.0 Å². The highest BCUT2D eigenvalue weighted by atomic mass is 32.2. The van der Waals surface area contributed by atoms with Gasteiger partial charge in [0.25, 0.3) is 0 Å². The maximum atomic E-state index is 13.0. The van der Waals surface area contributed by atoms with Gasteiger partial charge in [-0.05, 0) is 80.5 Å². The van der Waals surface area contributed by atoms with Gasteiger partial charge >= 0.3 is 0 Å². The minimum Gasteiger partial charge on any atom is -0.496 e. The summed E-state index contributed by atoms with van der Waals surface area (Å²) in [4.78, 5) is 2.71. The molecule has 158 valence electrons. The van der Waals surface area contributed by atoms with E-state index in [0.29, 0.717) is 22.1 Å². The zero-order chi connectivity index (χ0) is 21.2. The Labute approximate surface area is 175 Å². The van der Waals surface area contributed by atoms with E-state index in [1.807, 2.05) is 26.0 Å². The summed E-state index contributed by atoms with van der Waals surface area (Å²) in [5, 5.41) is 0. The van der Waals surface area contributed by atoms with Crippen LogP contribution in [0.15, 0.2) is 41.3 Å². The number of nitrogens with one attached hydrogen (secondary N) is 1. The fraction of sp³-hybridized carbons (Fsp3) is 0.478. The molecule has 2 atom stereocenters. The second-order valence-corrected chi connectivity index (χ2v) is 9.90. The third kappa shape index (κ3) is 4.93. The number of aryl methyl sites for hydroxylation is 2. The van der Waals surface area contributed by atoms with Crippen LogP contribution in [0.3, 0.4) is 0 Å². The molecule has 2 aromatic rings. The lowest BCUT2D eigenvalue weighted by Gasteiger charge is -2.33. The van der Waals surface area contributed by atoms with Crippen LogP contribution in [0.2, 0.25) is 0 Å². The van der Waals surface area contributed by atoms with Crippen LogP contribution in [0.4, 0.5) is 5.69 Å². The van der Waals surface area contributed by atoms with Crippen molar-refractivity contribution in [2.75, 3.05) is 25.1 Å². The molecule has 1 saturated heterocycles. The number of benzene rings is 2. The van der Waals surface area contributed by atoms with Gasteiger partial charge in [0, 0.05) is 24.8 Å². The Morgan fingerprint density at radius 1 is 1.14 bits per heavy atom. The van der Waals surface area contributed by atoms with Crippen molar-refractivity contribution in [3.8, 4) is 5.75 Å². The summed E-state index contributed by atoms with van der Waals surface area (Å²) in [7, 11) is -2.05. The molecule has 0 spiro atoms. The zero-order valence-electron chi connectivity index (χ0n) is 18.0. The van der Waals surface area contributed by atoms with Crippen molar-refractivity contribution in [2.45, 2.75) is 51.5 Å². The van der Waals surface area contributed by atoms with Gasteiger partial charge in [0.05, 0.1) is 12.0 Å². The van der Waals surface area contributed by atoms with Gasteiger partial charge in [-0.3, -0.25) is 0 Å². The molecule has 0 aliphatic carbocycles. The predicted octanol–water partition coefficient (Wildman–Crippen LogP) is 4.59. The number of piperidine rings is 1. The van der Waals surface area contributed by atoms with Crippen molar-refractivity contribution < 1.29 is 13.2 Å². The number of nitrogens with zero attached hydrogens (tertiary/aromatic N) is 1. The normalized spacial score (nSPS) is 18.5. The molecule has 29 heavy (non-hydrogen) atoms. The summed E-state index contributed by atoms with van der Waals surface area (Å²) in [6.45, 7) is 9.97. The van der Waals surface area contributed by atoms with Crippen LogP contribution in [-0.2, 0) is 10.0 Å². The number of hydrogen-bond donors (Lipinski definition) is 1. The largest absolute Gasteiger partial charge is 0.496 e. The summed E-state index contributed by atoms with van der Waals surface area (Å²) < 4.78 is 34.1. The Hall–Kier alpha value is -2.05. The van der Waals surface area contributed by atoms with Crippen molar-refractivity contribution in [2.24, 2.45) is 5.92 Å². The number of sulfonamides is 1. The van der Waals surface area contributed by atoms with Crippen LogP contribution in [0.25, 0.3) is 0 Å². The minimum absolute atomic E-state index is 0.293. The highest BCUT2D eigenvalue weighted by Crippen LogP contribution is 2.28. The molecular formula is C23H32N2O3S. The monoisotopic (exact) mass is 416 g/mol. The van der Waals surface area contributed by atoms with E-state index in [1.165, 1.54) is 18.5 Å². The van der Waals surface area contributed by atoms with Crippen molar-refractivity contribution in [3.05, 3.63) is 53.1 Å². The molecule has 1 heterocycles. The molecule has 3 rings (SSSR count). The highest BCUT2D eigenvalue weighted by Gasteiger charge is 2.22. The van der Waals surface area contributed by atoms with Gasteiger partial charge in [-0.1, -0.05) is 19.1 Å². The summed E-state index contributed by atoms with van der Waals surface area (Å²) in [5.74, 6) is 1.41. The second-order valence-electron chi connectivity index (χ2n) is 8.22. The van der Waals surface area contributed by atoms with E-state index in [4.69, 9.17) is 4.74 Å². The van der Waals surface area contributed by atoms with Gasteiger partial charge in [0.15, 0.2) is 0 Å². The molecule has 2 aromatic carbocycles. The van der Waals surface area contributed by atoms with E-state index in [-0.39, 0.29) is 6.04 Å². The van der Waals surface area contributed by atoms with E-state index in [1.54, 1.807) is 26.2 Å². The molecule has 1 aliphatic rings. The van der Waals surface area contributed by atoms with E-state index < -0.39 is 10.0 Å². The van der Waals surface area contributed by atoms with Crippen LogP contribution < -0.4 is 14.4 Å². The van der Waals surface area contributed by atoms with Gasteiger partial charge in [0.1, 0.15) is 5.75 Å². The standard InChI is InChI=1S/C23H32N2O3S/c1-16-7-6-12-25(15-16)21-10-8-20(9-11-21)19(4)24-29(26,27)23-14-17(2)22(28-5)13-18(23)3/h8-11,13-14,16,19,24H,6-7,12,15H2,1-5H3. The SMILES string of the molecule is COc1cc(C)c(S(=O)(=O)NC(C)c2ccc(N3CCCC(C)C3)cc2)cc1C. The van der Waals surface area contributed by atoms with E-state index in [9.17, 15) is 8.42 Å². The average molecular weight is 417 g/mol. The van der Waals surface area contributed by atoms with Crippen molar-refractivity contribution in [1.29, 1.82) is 0 Å². The maximum Gasteiger partial charge on any atom is 0.241 e. The van der Waals surface area contributed by atoms with Crippen molar-refractivity contribution in [1.82, 2.24) is 4.72 Å². The molecule has 1 fully saturated rings. The summed E-state index contributed by atoms with van der Waals surface area (Å²) in [5.41, 5.74) is 3.62. The van der Waals surface area contributed by atoms with Crippen LogP contribution >= 0.6 is 0 Å². The van der Waals surface area contributed by atoms with Crippen LogP contribution in [0.1, 0.15) is 49.4 Å².